The van der Waals surface area contributed by atoms with Crippen molar-refractivity contribution in [3.63, 3.8) is 0 Å². The van der Waals surface area contributed by atoms with Crippen molar-refractivity contribution < 1.29 is 27.2 Å². The molecule has 14 heavy (non-hydrogen) atoms. The van der Waals surface area contributed by atoms with Crippen LogP contribution in [0.25, 0.3) is 0 Å². The second-order valence-electron chi connectivity index (χ2n) is 3.13. The Morgan fingerprint density at radius 1 is 1.57 bits per heavy atom. The van der Waals surface area contributed by atoms with Crippen molar-refractivity contribution in [2.75, 3.05) is 12.9 Å². The summed E-state index contributed by atoms with van der Waals surface area (Å²) in [6.45, 7) is -0.136. The Labute approximate surface area is 81.9 Å². The second-order valence-corrected chi connectivity index (χ2v) is 4.78. The van der Waals surface area contributed by atoms with E-state index in [0.29, 0.717) is 12.8 Å². The number of ether oxygens (including phenoxy) is 1. The molecular weight excluding hydrogens is 212 g/mol. The van der Waals surface area contributed by atoms with Gasteiger partial charge in [-0.2, -0.15) is 8.42 Å². The van der Waals surface area contributed by atoms with Crippen LogP contribution >= 0.6 is 0 Å². The van der Waals surface area contributed by atoms with E-state index in [0.717, 1.165) is 6.26 Å². The minimum absolute atomic E-state index is 0.136. The molecule has 1 fully saturated rings. The van der Waals surface area contributed by atoms with Crippen molar-refractivity contribution in [2.24, 2.45) is 0 Å². The van der Waals surface area contributed by atoms with Gasteiger partial charge >= 0.3 is 0 Å². The van der Waals surface area contributed by atoms with Crippen LogP contribution in [0.3, 0.4) is 0 Å². The number of aliphatic carboxylic acids is 1. The summed E-state index contributed by atoms with van der Waals surface area (Å²) < 4.78 is 30.6. The van der Waals surface area contributed by atoms with Gasteiger partial charge in [0.1, 0.15) is 0 Å². The number of hydrogen-bond donors (Lipinski definition) is 0. The monoisotopic (exact) mass is 223 g/mol. The highest BCUT2D eigenvalue weighted by Gasteiger charge is 2.26. The SMILES string of the molecule is CS(=O)(=O)OC[C@H]1CC[C@H](C(=O)[O-])O1. The maximum atomic E-state index is 10.6. The molecule has 0 saturated carbocycles. The average Bonchev–Trinajstić information content (AvgIpc) is 2.47. The third-order valence-electron chi connectivity index (χ3n) is 1.84. The Morgan fingerprint density at radius 2 is 2.21 bits per heavy atom. The lowest BCUT2D eigenvalue weighted by molar-refractivity contribution is -0.316. The molecule has 2 atom stereocenters. The van der Waals surface area contributed by atoms with Crippen LogP contribution in [0.4, 0.5) is 0 Å². The molecule has 1 rings (SSSR count). The maximum absolute atomic E-state index is 10.6. The quantitative estimate of drug-likeness (QED) is 0.525. The van der Waals surface area contributed by atoms with Crippen molar-refractivity contribution >= 4 is 16.1 Å². The van der Waals surface area contributed by atoms with E-state index in [1.165, 1.54) is 0 Å². The lowest BCUT2D eigenvalue weighted by Crippen LogP contribution is -2.36. The zero-order chi connectivity index (χ0) is 10.8. The Morgan fingerprint density at radius 3 is 2.64 bits per heavy atom. The molecule has 0 amide bonds. The van der Waals surface area contributed by atoms with Crippen molar-refractivity contribution in [3.05, 3.63) is 0 Å². The van der Waals surface area contributed by atoms with Gasteiger partial charge in [-0.25, -0.2) is 0 Å². The average molecular weight is 223 g/mol. The third kappa shape index (κ3) is 3.60. The first-order chi connectivity index (χ1) is 6.38. The van der Waals surface area contributed by atoms with Crippen LogP contribution in [0.2, 0.25) is 0 Å². The van der Waals surface area contributed by atoms with Crippen LogP contribution in [-0.2, 0) is 23.8 Å². The number of carbonyl (C=O) groups is 1. The molecule has 0 bridgehead atoms. The summed E-state index contributed by atoms with van der Waals surface area (Å²) in [6.07, 6.45) is 0.308. The van der Waals surface area contributed by atoms with Crippen molar-refractivity contribution in [1.82, 2.24) is 0 Å². The van der Waals surface area contributed by atoms with Gasteiger partial charge in [-0.1, -0.05) is 0 Å². The molecule has 1 heterocycles. The molecule has 7 heteroatoms. The Kier molecular flexibility index (Phi) is 3.46. The van der Waals surface area contributed by atoms with Crippen LogP contribution < -0.4 is 5.11 Å². The number of carboxylic acids is 1. The predicted molar refractivity (Wildman–Crippen MR) is 43.7 cm³/mol. The summed E-state index contributed by atoms with van der Waals surface area (Å²) in [5.74, 6) is -1.27. The molecule has 1 aliphatic heterocycles. The molecule has 0 unspecified atom stereocenters. The van der Waals surface area contributed by atoms with Gasteiger partial charge in [-0.3, -0.25) is 4.18 Å². The highest BCUT2D eigenvalue weighted by Crippen LogP contribution is 2.19. The highest BCUT2D eigenvalue weighted by molar-refractivity contribution is 7.85. The summed E-state index contributed by atoms with van der Waals surface area (Å²) in [7, 11) is -3.49. The van der Waals surface area contributed by atoms with Gasteiger partial charge in [0.25, 0.3) is 10.1 Å². The standard InChI is InChI=1S/C7H12O6S/c1-14(10,11)12-4-5-2-3-6(13-5)7(8)9/h5-6H,2-4H2,1H3,(H,8,9)/p-1/t5-,6-/m1/s1. The summed E-state index contributed by atoms with van der Waals surface area (Å²) in [4.78, 5) is 10.4. The van der Waals surface area contributed by atoms with E-state index in [1.54, 1.807) is 0 Å². The minimum Gasteiger partial charge on any atom is -0.547 e. The number of rotatable bonds is 4. The zero-order valence-electron chi connectivity index (χ0n) is 7.63. The van der Waals surface area contributed by atoms with Crippen LogP contribution in [0.1, 0.15) is 12.8 Å². The van der Waals surface area contributed by atoms with Crippen LogP contribution in [0.15, 0.2) is 0 Å². The minimum atomic E-state index is -3.49. The van der Waals surface area contributed by atoms with E-state index >= 15 is 0 Å². The summed E-state index contributed by atoms with van der Waals surface area (Å²) in [5, 5.41) is 10.4. The molecule has 6 nitrogen and oxygen atoms in total. The molecule has 82 valence electrons. The first kappa shape index (κ1) is 11.4. The van der Waals surface area contributed by atoms with Gasteiger partial charge in [0, 0.05) is 0 Å². The molecule has 1 aliphatic rings. The van der Waals surface area contributed by atoms with Crippen molar-refractivity contribution in [2.45, 2.75) is 25.0 Å². The normalized spacial score (nSPS) is 27.8. The molecule has 0 aromatic carbocycles. The summed E-state index contributed by atoms with van der Waals surface area (Å²) in [6, 6.07) is 0. The molecule has 0 radical (unpaired) electrons. The van der Waals surface area contributed by atoms with Gasteiger partial charge in [-0.05, 0) is 12.8 Å². The van der Waals surface area contributed by atoms with Crippen LogP contribution in [0.5, 0.6) is 0 Å². The van der Waals surface area contributed by atoms with E-state index in [-0.39, 0.29) is 6.61 Å². The van der Waals surface area contributed by atoms with E-state index in [2.05, 4.69) is 4.18 Å². The molecule has 0 aromatic rings. The summed E-state index contributed by atoms with van der Waals surface area (Å²) >= 11 is 0. The van der Waals surface area contributed by atoms with E-state index < -0.39 is 28.3 Å². The van der Waals surface area contributed by atoms with Gasteiger partial charge in [0.2, 0.25) is 0 Å². The largest absolute Gasteiger partial charge is 0.547 e. The van der Waals surface area contributed by atoms with Crippen molar-refractivity contribution in [3.8, 4) is 0 Å². The maximum Gasteiger partial charge on any atom is 0.264 e. The van der Waals surface area contributed by atoms with Gasteiger partial charge in [0.15, 0.2) is 0 Å². The molecule has 0 spiro atoms. The molecular formula is C7H11O6S-. The second kappa shape index (κ2) is 4.24. The number of hydrogen-bond acceptors (Lipinski definition) is 6. The molecule has 1 saturated heterocycles. The first-order valence-electron chi connectivity index (χ1n) is 4.09. The Bertz CT molecular complexity index is 308. The van der Waals surface area contributed by atoms with Crippen molar-refractivity contribution in [1.29, 1.82) is 0 Å². The Hall–Kier alpha value is -0.660. The van der Waals surface area contributed by atoms with Gasteiger partial charge < -0.3 is 14.6 Å². The number of carbonyl (C=O) groups excluding carboxylic acids is 1. The lowest BCUT2D eigenvalue weighted by atomic mass is 10.2. The molecule has 0 aromatic heterocycles. The fraction of sp³-hybridized carbons (Fsp3) is 0.857. The van der Waals surface area contributed by atoms with Crippen LogP contribution in [0, 0.1) is 0 Å². The topological polar surface area (TPSA) is 92.7 Å². The fourth-order valence-electron chi connectivity index (χ4n) is 1.20. The third-order valence-corrected chi connectivity index (χ3v) is 2.40. The van der Waals surface area contributed by atoms with E-state index in [4.69, 9.17) is 4.74 Å². The van der Waals surface area contributed by atoms with E-state index in [9.17, 15) is 18.3 Å². The highest BCUT2D eigenvalue weighted by atomic mass is 32.2. The zero-order valence-corrected chi connectivity index (χ0v) is 8.45. The summed E-state index contributed by atoms with van der Waals surface area (Å²) in [5.41, 5.74) is 0. The van der Waals surface area contributed by atoms with Crippen LogP contribution in [-0.4, -0.2) is 39.5 Å². The van der Waals surface area contributed by atoms with Gasteiger partial charge in [0.05, 0.1) is 31.0 Å². The van der Waals surface area contributed by atoms with E-state index in [1.807, 2.05) is 0 Å². The molecule has 0 N–H and O–H groups in total. The molecule has 0 aliphatic carbocycles. The lowest BCUT2D eigenvalue weighted by Gasteiger charge is -2.13. The Balaban J connectivity index is 2.33. The fourth-order valence-corrected chi connectivity index (χ4v) is 1.60. The smallest absolute Gasteiger partial charge is 0.264 e. The van der Waals surface area contributed by atoms with Gasteiger partial charge in [-0.15, -0.1) is 0 Å². The predicted octanol–water partition coefficient (Wildman–Crippen LogP) is -1.74. The number of carboxylic acid groups (broad SMARTS) is 1. The first-order valence-corrected chi connectivity index (χ1v) is 5.91.